The van der Waals surface area contributed by atoms with E-state index in [2.05, 4.69) is 15.5 Å². The van der Waals surface area contributed by atoms with E-state index in [4.69, 9.17) is 5.73 Å². The SMILES string of the molecule is CC(C)C(CN)Nc1ccc(C(F)(F)F)nn1. The number of nitrogens with one attached hydrogen (secondary N) is 1. The Morgan fingerprint density at radius 1 is 1.29 bits per heavy atom. The topological polar surface area (TPSA) is 63.8 Å². The van der Waals surface area contributed by atoms with E-state index in [1.807, 2.05) is 13.8 Å². The molecule has 0 saturated heterocycles. The van der Waals surface area contributed by atoms with Crippen molar-refractivity contribution in [1.82, 2.24) is 10.2 Å². The third-order valence-electron chi connectivity index (χ3n) is 2.35. The Kier molecular flexibility index (Phi) is 4.28. The standard InChI is InChI=1S/C10H15F3N4/c1-6(2)7(5-14)15-9-4-3-8(16-17-9)10(11,12)13/h3-4,6-7H,5,14H2,1-2H3,(H,15,17). The first kappa shape index (κ1) is 13.7. The highest BCUT2D eigenvalue weighted by Gasteiger charge is 2.32. The van der Waals surface area contributed by atoms with Gasteiger partial charge < -0.3 is 11.1 Å². The van der Waals surface area contributed by atoms with Gasteiger partial charge in [-0.15, -0.1) is 10.2 Å². The van der Waals surface area contributed by atoms with E-state index >= 15 is 0 Å². The lowest BCUT2D eigenvalue weighted by atomic mass is 10.1. The van der Waals surface area contributed by atoms with Gasteiger partial charge in [0.15, 0.2) is 5.69 Å². The van der Waals surface area contributed by atoms with Crippen molar-refractivity contribution < 1.29 is 13.2 Å². The van der Waals surface area contributed by atoms with Crippen LogP contribution in [0.5, 0.6) is 0 Å². The molecule has 1 unspecified atom stereocenters. The molecule has 0 spiro atoms. The molecule has 96 valence electrons. The van der Waals surface area contributed by atoms with Gasteiger partial charge in [-0.3, -0.25) is 0 Å². The molecule has 0 aliphatic heterocycles. The Morgan fingerprint density at radius 2 is 1.94 bits per heavy atom. The average Bonchev–Trinajstić information content (AvgIpc) is 2.25. The molecule has 0 saturated carbocycles. The maximum Gasteiger partial charge on any atom is 0.435 e. The predicted octanol–water partition coefficient (Wildman–Crippen LogP) is 1.89. The van der Waals surface area contributed by atoms with E-state index in [1.54, 1.807) is 0 Å². The molecular formula is C10H15F3N4. The van der Waals surface area contributed by atoms with Crippen LogP contribution < -0.4 is 11.1 Å². The van der Waals surface area contributed by atoms with Crippen molar-refractivity contribution in [2.45, 2.75) is 26.1 Å². The Bertz CT molecular complexity index is 348. The molecule has 3 N–H and O–H groups in total. The quantitative estimate of drug-likeness (QED) is 0.854. The first-order chi connectivity index (χ1) is 7.84. The maximum absolute atomic E-state index is 12.2. The highest BCUT2D eigenvalue weighted by atomic mass is 19.4. The molecule has 4 nitrogen and oxygen atoms in total. The number of alkyl halides is 3. The van der Waals surface area contributed by atoms with Gasteiger partial charge in [-0.1, -0.05) is 13.8 Å². The molecule has 1 atom stereocenters. The van der Waals surface area contributed by atoms with Gasteiger partial charge in [-0.25, -0.2) is 0 Å². The fraction of sp³-hybridized carbons (Fsp3) is 0.600. The lowest BCUT2D eigenvalue weighted by Crippen LogP contribution is -2.34. The van der Waals surface area contributed by atoms with Crippen LogP contribution in [-0.4, -0.2) is 22.8 Å². The second kappa shape index (κ2) is 5.31. The van der Waals surface area contributed by atoms with Gasteiger partial charge in [0.2, 0.25) is 0 Å². The summed E-state index contributed by atoms with van der Waals surface area (Å²) < 4.78 is 36.7. The largest absolute Gasteiger partial charge is 0.435 e. The van der Waals surface area contributed by atoms with Gasteiger partial charge in [0.05, 0.1) is 0 Å². The van der Waals surface area contributed by atoms with Crippen LogP contribution >= 0.6 is 0 Å². The minimum atomic E-state index is -4.46. The van der Waals surface area contributed by atoms with Gasteiger partial charge in [0.25, 0.3) is 0 Å². The van der Waals surface area contributed by atoms with Crippen LogP contribution in [0.3, 0.4) is 0 Å². The summed E-state index contributed by atoms with van der Waals surface area (Å²) in [6.07, 6.45) is -4.46. The molecule has 1 heterocycles. The summed E-state index contributed by atoms with van der Waals surface area (Å²) in [6, 6.07) is 2.10. The summed E-state index contributed by atoms with van der Waals surface area (Å²) in [6.45, 7) is 4.30. The normalized spacial score (nSPS) is 13.8. The number of nitrogens with zero attached hydrogens (tertiary/aromatic N) is 2. The lowest BCUT2D eigenvalue weighted by molar-refractivity contribution is -0.141. The second-order valence-corrected chi connectivity index (χ2v) is 4.03. The molecule has 1 rings (SSSR count). The number of hydrogen-bond acceptors (Lipinski definition) is 4. The molecule has 1 aromatic heterocycles. The monoisotopic (exact) mass is 248 g/mol. The van der Waals surface area contributed by atoms with Crippen molar-refractivity contribution in [1.29, 1.82) is 0 Å². The summed E-state index contributed by atoms with van der Waals surface area (Å²) >= 11 is 0. The van der Waals surface area contributed by atoms with Gasteiger partial charge in [-0.05, 0) is 18.1 Å². The van der Waals surface area contributed by atoms with Gasteiger partial charge in [0.1, 0.15) is 5.82 Å². The van der Waals surface area contributed by atoms with Crippen LogP contribution in [0.25, 0.3) is 0 Å². The zero-order valence-corrected chi connectivity index (χ0v) is 9.62. The minimum absolute atomic E-state index is 0.0407. The smallest absolute Gasteiger partial charge is 0.364 e. The number of aromatic nitrogens is 2. The van der Waals surface area contributed by atoms with Crippen LogP contribution in [-0.2, 0) is 6.18 Å². The van der Waals surface area contributed by atoms with E-state index in [0.717, 1.165) is 6.07 Å². The van der Waals surface area contributed by atoms with Crippen LogP contribution in [0.15, 0.2) is 12.1 Å². The zero-order valence-electron chi connectivity index (χ0n) is 9.62. The Labute approximate surface area is 97.4 Å². The van der Waals surface area contributed by atoms with Crippen LogP contribution in [0.4, 0.5) is 19.0 Å². The van der Waals surface area contributed by atoms with Crippen molar-refractivity contribution >= 4 is 5.82 Å². The third kappa shape index (κ3) is 3.85. The second-order valence-electron chi connectivity index (χ2n) is 4.03. The van der Waals surface area contributed by atoms with E-state index in [1.165, 1.54) is 6.07 Å². The van der Waals surface area contributed by atoms with Crippen LogP contribution in [0.1, 0.15) is 19.5 Å². The maximum atomic E-state index is 12.2. The van der Waals surface area contributed by atoms with Crippen molar-refractivity contribution in [3.63, 3.8) is 0 Å². The lowest BCUT2D eigenvalue weighted by Gasteiger charge is -2.20. The first-order valence-corrected chi connectivity index (χ1v) is 5.22. The van der Waals surface area contributed by atoms with E-state index in [0.29, 0.717) is 12.4 Å². The van der Waals surface area contributed by atoms with Crippen molar-refractivity contribution in [3.8, 4) is 0 Å². The number of anilines is 1. The third-order valence-corrected chi connectivity index (χ3v) is 2.35. The van der Waals surface area contributed by atoms with Crippen molar-refractivity contribution in [2.75, 3.05) is 11.9 Å². The Balaban J connectivity index is 2.75. The number of halogens is 3. The van der Waals surface area contributed by atoms with Crippen LogP contribution in [0.2, 0.25) is 0 Å². The van der Waals surface area contributed by atoms with Gasteiger partial charge in [-0.2, -0.15) is 13.2 Å². The molecule has 1 aromatic rings. The predicted molar refractivity (Wildman–Crippen MR) is 58.3 cm³/mol. The van der Waals surface area contributed by atoms with Crippen molar-refractivity contribution in [3.05, 3.63) is 17.8 Å². The highest BCUT2D eigenvalue weighted by Crippen LogP contribution is 2.27. The number of rotatable bonds is 4. The van der Waals surface area contributed by atoms with E-state index in [9.17, 15) is 13.2 Å². The molecule has 0 aromatic carbocycles. The molecule has 0 bridgehead atoms. The summed E-state index contributed by atoms with van der Waals surface area (Å²) in [5, 5.41) is 9.54. The molecule has 7 heteroatoms. The van der Waals surface area contributed by atoms with E-state index in [-0.39, 0.29) is 12.0 Å². The zero-order chi connectivity index (χ0) is 13.1. The fourth-order valence-corrected chi connectivity index (χ4v) is 1.25. The average molecular weight is 248 g/mol. The summed E-state index contributed by atoms with van der Waals surface area (Å²) in [4.78, 5) is 0. The summed E-state index contributed by atoms with van der Waals surface area (Å²) in [5.74, 6) is 0.547. The molecule has 0 amide bonds. The Hall–Kier alpha value is -1.37. The molecule has 0 fully saturated rings. The molecule has 0 aliphatic rings. The summed E-state index contributed by atoms with van der Waals surface area (Å²) in [7, 11) is 0. The molecule has 0 radical (unpaired) electrons. The van der Waals surface area contributed by atoms with Gasteiger partial charge in [0, 0.05) is 12.6 Å². The molecular weight excluding hydrogens is 233 g/mol. The van der Waals surface area contributed by atoms with Crippen molar-refractivity contribution in [2.24, 2.45) is 11.7 Å². The fourth-order valence-electron chi connectivity index (χ4n) is 1.25. The number of nitrogens with two attached hydrogens (primary N) is 1. The van der Waals surface area contributed by atoms with E-state index < -0.39 is 11.9 Å². The minimum Gasteiger partial charge on any atom is -0.364 e. The van der Waals surface area contributed by atoms with Crippen LogP contribution in [0, 0.1) is 5.92 Å². The highest BCUT2D eigenvalue weighted by molar-refractivity contribution is 5.34. The Morgan fingerprint density at radius 3 is 2.29 bits per heavy atom. The first-order valence-electron chi connectivity index (χ1n) is 5.22. The number of hydrogen-bond donors (Lipinski definition) is 2. The molecule has 0 aliphatic carbocycles. The van der Waals surface area contributed by atoms with Gasteiger partial charge >= 0.3 is 6.18 Å². The summed E-state index contributed by atoms with van der Waals surface area (Å²) in [5.41, 5.74) is 4.53. The molecule has 17 heavy (non-hydrogen) atoms.